The molecule has 0 unspecified atom stereocenters. The largest absolute Gasteiger partial charge is 0.457 e. The summed E-state index contributed by atoms with van der Waals surface area (Å²) in [4.78, 5) is 21.2. The summed E-state index contributed by atoms with van der Waals surface area (Å²) in [5.74, 6) is 1.06. The Hall–Kier alpha value is -2.34. The number of amidine groups is 1. The van der Waals surface area contributed by atoms with E-state index in [0.717, 1.165) is 36.4 Å². The minimum atomic E-state index is -0.275. The molecule has 6 heteroatoms. The Balaban J connectivity index is 1.41. The zero-order valence-electron chi connectivity index (χ0n) is 18.3. The van der Waals surface area contributed by atoms with E-state index < -0.39 is 0 Å². The second-order valence-electron chi connectivity index (χ2n) is 8.99. The Labute approximate surface area is 193 Å². The summed E-state index contributed by atoms with van der Waals surface area (Å²) in [6.45, 7) is 0. The minimum absolute atomic E-state index is 0.0520. The fourth-order valence-corrected chi connectivity index (χ4v) is 6.02. The van der Waals surface area contributed by atoms with E-state index >= 15 is 0 Å². The van der Waals surface area contributed by atoms with Gasteiger partial charge in [0.25, 0.3) is 5.91 Å². The summed E-state index contributed by atoms with van der Waals surface area (Å²) < 4.78 is 19.2. The van der Waals surface area contributed by atoms with Gasteiger partial charge in [0.15, 0.2) is 5.17 Å². The van der Waals surface area contributed by atoms with E-state index in [1.165, 1.54) is 62.4 Å². The second-order valence-corrected chi connectivity index (χ2v) is 10.00. The van der Waals surface area contributed by atoms with Crippen molar-refractivity contribution in [3.8, 4) is 11.3 Å². The summed E-state index contributed by atoms with van der Waals surface area (Å²) in [6, 6.07) is 10.5. The van der Waals surface area contributed by atoms with E-state index in [1.807, 2.05) is 23.1 Å². The standard InChI is InChI=1S/C26H29FN2O2S/c27-19-13-11-18(12-14-19)23-16-15-22(31-23)17-24-25(30)29(21-9-5-2-6-10-21)26(32-24)28-20-7-3-1-4-8-20/h11-17,20-21H,1-10H2. The number of aliphatic imine (C=N–C) groups is 1. The zero-order chi connectivity index (χ0) is 21.9. The maximum Gasteiger partial charge on any atom is 0.267 e. The maximum atomic E-state index is 13.4. The summed E-state index contributed by atoms with van der Waals surface area (Å²) in [5, 5.41) is 0.880. The van der Waals surface area contributed by atoms with Crippen molar-refractivity contribution in [2.24, 2.45) is 4.99 Å². The zero-order valence-corrected chi connectivity index (χ0v) is 19.1. The highest BCUT2D eigenvalue weighted by Gasteiger charge is 2.39. The number of carbonyl (C=O) groups is 1. The predicted molar refractivity (Wildman–Crippen MR) is 128 cm³/mol. The molecule has 0 bridgehead atoms. The first-order valence-electron chi connectivity index (χ1n) is 11.8. The van der Waals surface area contributed by atoms with Crippen molar-refractivity contribution in [2.45, 2.75) is 76.3 Å². The van der Waals surface area contributed by atoms with Crippen LogP contribution in [0.1, 0.15) is 70.0 Å². The van der Waals surface area contributed by atoms with Crippen LogP contribution in [0, 0.1) is 5.82 Å². The minimum Gasteiger partial charge on any atom is -0.457 e. The molecule has 5 rings (SSSR count). The molecule has 1 aromatic carbocycles. The molecule has 0 spiro atoms. The molecule has 4 nitrogen and oxygen atoms in total. The van der Waals surface area contributed by atoms with Crippen LogP contribution >= 0.6 is 11.8 Å². The molecule has 32 heavy (non-hydrogen) atoms. The Morgan fingerprint density at radius 1 is 0.938 bits per heavy atom. The van der Waals surface area contributed by atoms with Gasteiger partial charge in [0.1, 0.15) is 17.3 Å². The summed E-state index contributed by atoms with van der Waals surface area (Å²) >= 11 is 1.49. The van der Waals surface area contributed by atoms with E-state index in [1.54, 1.807) is 12.1 Å². The van der Waals surface area contributed by atoms with Gasteiger partial charge < -0.3 is 4.42 Å². The average molecular weight is 453 g/mol. The third-order valence-corrected chi connectivity index (χ3v) is 7.67. The van der Waals surface area contributed by atoms with Gasteiger partial charge in [0.05, 0.1) is 10.9 Å². The fourth-order valence-electron chi connectivity index (χ4n) is 4.93. The SMILES string of the molecule is O=C1C(=Cc2ccc(-c3ccc(F)cc3)o2)SC(=NC2CCCCC2)N1C1CCCCC1. The van der Waals surface area contributed by atoms with E-state index in [-0.39, 0.29) is 17.8 Å². The summed E-state index contributed by atoms with van der Waals surface area (Å²) in [6.07, 6.45) is 13.5. The van der Waals surface area contributed by atoms with Crippen molar-refractivity contribution in [1.82, 2.24) is 4.90 Å². The number of amides is 1. The van der Waals surface area contributed by atoms with Crippen molar-refractivity contribution >= 4 is 28.9 Å². The molecule has 2 aliphatic carbocycles. The Kier molecular flexibility index (Phi) is 6.49. The number of thioether (sulfide) groups is 1. The smallest absolute Gasteiger partial charge is 0.267 e. The quantitative estimate of drug-likeness (QED) is 0.468. The third kappa shape index (κ3) is 4.70. The Morgan fingerprint density at radius 3 is 2.34 bits per heavy atom. The van der Waals surface area contributed by atoms with Crippen LogP contribution in [-0.2, 0) is 4.79 Å². The van der Waals surface area contributed by atoms with Gasteiger partial charge in [-0.25, -0.2) is 4.39 Å². The highest BCUT2D eigenvalue weighted by Crippen LogP contribution is 2.39. The topological polar surface area (TPSA) is 45.8 Å². The van der Waals surface area contributed by atoms with Crippen molar-refractivity contribution in [3.63, 3.8) is 0 Å². The number of benzene rings is 1. The third-order valence-electron chi connectivity index (χ3n) is 6.67. The van der Waals surface area contributed by atoms with Gasteiger partial charge >= 0.3 is 0 Å². The molecule has 0 radical (unpaired) electrons. The molecular formula is C26H29FN2O2S. The molecule has 1 aromatic heterocycles. The number of rotatable bonds is 4. The lowest BCUT2D eigenvalue weighted by Gasteiger charge is -2.31. The van der Waals surface area contributed by atoms with Gasteiger partial charge in [-0.15, -0.1) is 0 Å². The Morgan fingerprint density at radius 2 is 1.62 bits per heavy atom. The highest BCUT2D eigenvalue weighted by atomic mass is 32.2. The molecular weight excluding hydrogens is 423 g/mol. The summed E-state index contributed by atoms with van der Waals surface area (Å²) in [7, 11) is 0. The monoisotopic (exact) mass is 452 g/mol. The van der Waals surface area contributed by atoms with E-state index in [0.29, 0.717) is 22.5 Å². The van der Waals surface area contributed by atoms with Gasteiger partial charge in [0.2, 0.25) is 0 Å². The van der Waals surface area contributed by atoms with Gasteiger partial charge in [-0.3, -0.25) is 14.7 Å². The van der Waals surface area contributed by atoms with Crippen molar-refractivity contribution in [2.75, 3.05) is 0 Å². The number of halogens is 1. The van der Waals surface area contributed by atoms with Gasteiger partial charge in [-0.05, 0) is 73.8 Å². The molecule has 1 amide bonds. The van der Waals surface area contributed by atoms with E-state index in [2.05, 4.69) is 0 Å². The average Bonchev–Trinajstić information content (AvgIpc) is 3.40. The maximum absolute atomic E-state index is 13.4. The van der Waals surface area contributed by atoms with Crippen LogP contribution in [0.4, 0.5) is 4.39 Å². The molecule has 2 heterocycles. The molecule has 1 saturated heterocycles. The van der Waals surface area contributed by atoms with E-state index in [9.17, 15) is 9.18 Å². The molecule has 0 N–H and O–H groups in total. The fraction of sp³-hybridized carbons (Fsp3) is 0.462. The van der Waals surface area contributed by atoms with Crippen LogP contribution in [0.5, 0.6) is 0 Å². The van der Waals surface area contributed by atoms with Crippen LogP contribution in [0.3, 0.4) is 0 Å². The lowest BCUT2D eigenvalue weighted by Crippen LogP contribution is -2.41. The Bertz CT molecular complexity index is 1010. The van der Waals surface area contributed by atoms with Crippen LogP contribution in [-0.4, -0.2) is 28.1 Å². The van der Waals surface area contributed by atoms with Crippen LogP contribution in [0.25, 0.3) is 17.4 Å². The van der Waals surface area contributed by atoms with Gasteiger partial charge in [-0.1, -0.05) is 38.5 Å². The molecule has 2 aromatic rings. The van der Waals surface area contributed by atoms with Gasteiger partial charge in [0, 0.05) is 17.7 Å². The van der Waals surface area contributed by atoms with Gasteiger partial charge in [-0.2, -0.15) is 0 Å². The molecule has 2 saturated carbocycles. The molecule has 168 valence electrons. The molecule has 0 atom stereocenters. The lowest BCUT2D eigenvalue weighted by molar-refractivity contribution is -0.124. The number of carbonyl (C=O) groups excluding carboxylic acids is 1. The van der Waals surface area contributed by atoms with Crippen molar-refractivity contribution < 1.29 is 13.6 Å². The van der Waals surface area contributed by atoms with Crippen LogP contribution < -0.4 is 0 Å². The van der Waals surface area contributed by atoms with Crippen LogP contribution in [0.2, 0.25) is 0 Å². The molecule has 3 aliphatic rings. The first-order chi connectivity index (χ1) is 15.7. The first-order valence-corrected chi connectivity index (χ1v) is 12.7. The number of hydrogen-bond acceptors (Lipinski definition) is 4. The number of hydrogen-bond donors (Lipinski definition) is 0. The second kappa shape index (κ2) is 9.65. The molecule has 1 aliphatic heterocycles. The predicted octanol–water partition coefficient (Wildman–Crippen LogP) is 7.02. The lowest BCUT2D eigenvalue weighted by atomic mass is 9.94. The van der Waals surface area contributed by atoms with Crippen molar-refractivity contribution in [1.29, 1.82) is 0 Å². The number of furan rings is 1. The van der Waals surface area contributed by atoms with Crippen molar-refractivity contribution in [3.05, 3.63) is 52.9 Å². The first kappa shape index (κ1) is 21.5. The van der Waals surface area contributed by atoms with Crippen LogP contribution in [0.15, 0.2) is 50.7 Å². The normalized spacial score (nSPS) is 23.5. The molecule has 3 fully saturated rings. The number of nitrogens with zero attached hydrogens (tertiary/aromatic N) is 2. The summed E-state index contributed by atoms with van der Waals surface area (Å²) in [5.41, 5.74) is 0.810. The highest BCUT2D eigenvalue weighted by molar-refractivity contribution is 8.18. The van der Waals surface area contributed by atoms with E-state index in [4.69, 9.17) is 9.41 Å².